The maximum Gasteiger partial charge on any atom is 0.243 e. The minimum atomic E-state index is -0.246. The van der Waals surface area contributed by atoms with Crippen LogP contribution in [0.4, 0.5) is 0 Å². The molecule has 0 radical (unpaired) electrons. The Morgan fingerprint density at radius 2 is 2.29 bits per heavy atom. The van der Waals surface area contributed by atoms with Crippen LogP contribution in [0.25, 0.3) is 0 Å². The minimum absolute atomic E-state index is 0.246. The molecule has 1 saturated heterocycles. The molecule has 5 heteroatoms. The van der Waals surface area contributed by atoms with Gasteiger partial charge in [0.25, 0.3) is 0 Å². The Hall–Kier alpha value is 0.130. The average molecular weight is 277 g/mol. The van der Waals surface area contributed by atoms with Crippen molar-refractivity contribution in [3.63, 3.8) is 0 Å². The summed E-state index contributed by atoms with van der Waals surface area (Å²) in [4.78, 5) is 11.2. The Kier molecular flexibility index (Phi) is 7.39. The SMILES string of the molecule is CC(C)C[C@H](CCC1CCSS1)CC(=O)NO. The fraction of sp³-hybridized carbons (Fsp3) is 0.917. The van der Waals surface area contributed by atoms with Crippen molar-refractivity contribution < 1.29 is 10.0 Å². The van der Waals surface area contributed by atoms with E-state index in [4.69, 9.17) is 5.21 Å². The molecule has 100 valence electrons. The van der Waals surface area contributed by atoms with Gasteiger partial charge in [-0.2, -0.15) is 0 Å². The number of hydrogen-bond donors (Lipinski definition) is 2. The molecule has 0 aromatic rings. The third kappa shape index (κ3) is 6.58. The van der Waals surface area contributed by atoms with Gasteiger partial charge in [-0.1, -0.05) is 35.4 Å². The van der Waals surface area contributed by atoms with E-state index in [1.165, 1.54) is 18.6 Å². The van der Waals surface area contributed by atoms with Gasteiger partial charge in [-0.25, -0.2) is 5.48 Å². The van der Waals surface area contributed by atoms with Gasteiger partial charge in [0.05, 0.1) is 0 Å². The van der Waals surface area contributed by atoms with Crippen molar-refractivity contribution in [3.05, 3.63) is 0 Å². The summed E-state index contributed by atoms with van der Waals surface area (Å²) in [5, 5.41) is 9.36. The topological polar surface area (TPSA) is 49.3 Å². The molecule has 17 heavy (non-hydrogen) atoms. The van der Waals surface area contributed by atoms with E-state index in [0.717, 1.165) is 18.1 Å². The summed E-state index contributed by atoms with van der Waals surface area (Å²) in [6.07, 6.45) is 5.13. The summed E-state index contributed by atoms with van der Waals surface area (Å²) in [6.45, 7) is 4.37. The van der Waals surface area contributed by atoms with Crippen LogP contribution < -0.4 is 5.48 Å². The van der Waals surface area contributed by atoms with Gasteiger partial charge in [-0.15, -0.1) is 0 Å². The normalized spacial score (nSPS) is 21.8. The van der Waals surface area contributed by atoms with Crippen molar-refractivity contribution in [1.82, 2.24) is 5.48 Å². The molecule has 0 saturated carbocycles. The van der Waals surface area contributed by atoms with Gasteiger partial charge in [0.15, 0.2) is 0 Å². The van der Waals surface area contributed by atoms with Crippen LogP contribution in [0.1, 0.15) is 46.0 Å². The van der Waals surface area contributed by atoms with E-state index >= 15 is 0 Å². The van der Waals surface area contributed by atoms with Crippen molar-refractivity contribution in [2.45, 2.75) is 51.2 Å². The number of carbonyl (C=O) groups is 1. The molecule has 1 aliphatic heterocycles. The van der Waals surface area contributed by atoms with Gasteiger partial charge in [-0.05, 0) is 37.5 Å². The van der Waals surface area contributed by atoms with E-state index in [0.29, 0.717) is 18.3 Å². The summed E-state index contributed by atoms with van der Waals surface area (Å²) in [6, 6.07) is 0. The van der Waals surface area contributed by atoms with Crippen molar-refractivity contribution in [2.24, 2.45) is 11.8 Å². The Labute approximate surface area is 112 Å². The smallest absolute Gasteiger partial charge is 0.243 e. The molecule has 0 spiro atoms. The first-order valence-electron chi connectivity index (χ1n) is 6.33. The first-order chi connectivity index (χ1) is 8.11. The Morgan fingerprint density at radius 1 is 1.53 bits per heavy atom. The Bertz CT molecular complexity index is 231. The second-order valence-electron chi connectivity index (χ2n) is 5.14. The monoisotopic (exact) mass is 277 g/mol. The molecule has 1 amide bonds. The van der Waals surface area contributed by atoms with Crippen LogP contribution in [0.3, 0.4) is 0 Å². The zero-order valence-corrected chi connectivity index (χ0v) is 12.3. The summed E-state index contributed by atoms with van der Waals surface area (Å²) < 4.78 is 0. The van der Waals surface area contributed by atoms with Crippen LogP contribution in [0.2, 0.25) is 0 Å². The number of amides is 1. The highest BCUT2D eigenvalue weighted by atomic mass is 33.1. The molecule has 0 bridgehead atoms. The second kappa shape index (κ2) is 8.27. The van der Waals surface area contributed by atoms with E-state index in [1.54, 1.807) is 5.48 Å². The van der Waals surface area contributed by atoms with Crippen LogP contribution in [0, 0.1) is 11.8 Å². The van der Waals surface area contributed by atoms with Crippen molar-refractivity contribution in [2.75, 3.05) is 5.75 Å². The van der Waals surface area contributed by atoms with Gasteiger partial charge in [0.2, 0.25) is 5.91 Å². The van der Waals surface area contributed by atoms with E-state index in [1.807, 2.05) is 21.6 Å². The first-order valence-corrected chi connectivity index (χ1v) is 8.71. The van der Waals surface area contributed by atoms with Gasteiger partial charge in [0, 0.05) is 17.4 Å². The molecule has 1 heterocycles. The molecule has 1 aliphatic rings. The fourth-order valence-corrected chi connectivity index (χ4v) is 5.26. The molecule has 0 aromatic carbocycles. The summed E-state index contributed by atoms with van der Waals surface area (Å²) >= 11 is 0. The van der Waals surface area contributed by atoms with E-state index in [2.05, 4.69) is 13.8 Å². The quantitative estimate of drug-likeness (QED) is 0.425. The van der Waals surface area contributed by atoms with Gasteiger partial charge < -0.3 is 0 Å². The van der Waals surface area contributed by atoms with Crippen LogP contribution >= 0.6 is 21.6 Å². The average Bonchev–Trinajstić information content (AvgIpc) is 2.77. The first kappa shape index (κ1) is 15.2. The Morgan fingerprint density at radius 3 is 2.82 bits per heavy atom. The van der Waals surface area contributed by atoms with Crippen LogP contribution in [-0.4, -0.2) is 22.1 Å². The standard InChI is InChI=1S/C12H23NO2S2/c1-9(2)7-10(8-12(14)13-15)3-4-11-5-6-16-17-11/h9-11,15H,3-8H2,1-2H3,(H,13,14)/t10-,11?/m0/s1. The highest BCUT2D eigenvalue weighted by Gasteiger charge is 2.20. The van der Waals surface area contributed by atoms with Gasteiger partial charge in [0.1, 0.15) is 0 Å². The Balaban J connectivity index is 2.30. The lowest BCUT2D eigenvalue weighted by molar-refractivity contribution is -0.130. The molecule has 2 atom stereocenters. The summed E-state index contributed by atoms with van der Waals surface area (Å²) in [5.41, 5.74) is 1.75. The van der Waals surface area contributed by atoms with E-state index in [9.17, 15) is 4.79 Å². The second-order valence-corrected chi connectivity index (χ2v) is 7.93. The number of hydroxylamine groups is 1. The third-order valence-electron chi connectivity index (χ3n) is 3.03. The van der Waals surface area contributed by atoms with E-state index < -0.39 is 0 Å². The molecule has 0 aromatic heterocycles. The fourth-order valence-electron chi connectivity index (χ4n) is 2.26. The van der Waals surface area contributed by atoms with Gasteiger partial charge in [-0.3, -0.25) is 10.0 Å². The van der Waals surface area contributed by atoms with Crippen molar-refractivity contribution >= 4 is 27.5 Å². The molecule has 1 fully saturated rings. The lowest BCUT2D eigenvalue weighted by Gasteiger charge is -2.19. The molecular weight excluding hydrogens is 254 g/mol. The summed E-state index contributed by atoms with van der Waals surface area (Å²) in [7, 11) is 3.96. The molecule has 1 rings (SSSR count). The lowest BCUT2D eigenvalue weighted by atomic mass is 9.89. The predicted octanol–water partition coefficient (Wildman–Crippen LogP) is 3.48. The molecular formula is C12H23NO2S2. The lowest BCUT2D eigenvalue weighted by Crippen LogP contribution is -2.23. The number of carbonyl (C=O) groups excluding carboxylic acids is 1. The van der Waals surface area contributed by atoms with E-state index in [-0.39, 0.29) is 5.91 Å². The largest absolute Gasteiger partial charge is 0.289 e. The molecule has 2 N–H and O–H groups in total. The van der Waals surface area contributed by atoms with Crippen LogP contribution in [-0.2, 0) is 4.79 Å². The van der Waals surface area contributed by atoms with Crippen LogP contribution in [0.15, 0.2) is 0 Å². The zero-order chi connectivity index (χ0) is 12.7. The highest BCUT2D eigenvalue weighted by Crippen LogP contribution is 2.40. The highest BCUT2D eigenvalue weighted by molar-refractivity contribution is 8.77. The number of rotatable bonds is 7. The van der Waals surface area contributed by atoms with Gasteiger partial charge >= 0.3 is 0 Å². The maximum atomic E-state index is 11.2. The minimum Gasteiger partial charge on any atom is -0.289 e. The van der Waals surface area contributed by atoms with Crippen LogP contribution in [0.5, 0.6) is 0 Å². The molecule has 0 aliphatic carbocycles. The summed E-state index contributed by atoms with van der Waals surface area (Å²) in [5.74, 6) is 2.04. The zero-order valence-electron chi connectivity index (χ0n) is 10.6. The maximum absolute atomic E-state index is 11.2. The number of nitrogens with one attached hydrogen (secondary N) is 1. The number of hydrogen-bond acceptors (Lipinski definition) is 4. The molecule has 3 nitrogen and oxygen atoms in total. The third-order valence-corrected chi connectivity index (χ3v) is 6.03. The predicted molar refractivity (Wildman–Crippen MR) is 75.2 cm³/mol. The van der Waals surface area contributed by atoms with Crippen molar-refractivity contribution in [1.29, 1.82) is 0 Å². The van der Waals surface area contributed by atoms with Crippen molar-refractivity contribution in [3.8, 4) is 0 Å². The molecule has 1 unspecified atom stereocenters.